The number of amidine groups is 1. The molecule has 0 amide bonds. The first-order chi connectivity index (χ1) is 15.9. The Hall–Kier alpha value is -2.37. The minimum atomic E-state index is -0.683. The van der Waals surface area contributed by atoms with Crippen molar-refractivity contribution in [1.82, 2.24) is 20.1 Å². The van der Waals surface area contributed by atoms with Crippen LogP contribution in [0.2, 0.25) is 0 Å². The first-order valence-corrected chi connectivity index (χ1v) is 12.7. The standard InChI is InChI=1S/C22H23BrFN5O2S2/c1-3-25-22(32)28-8-9-29-16(12-28)17(21(30)31-4-2)18(14-6-5-13(24)11-15(14)23)27-19(29)20-26-7-10-33-20/h5-7,10-11,18H,3-4,8-9,12H2,1-2H3,(H,25,32)/t18-/m0/s1. The van der Waals surface area contributed by atoms with E-state index in [1.165, 1.54) is 23.5 Å². The number of hydrogen-bond donors (Lipinski definition) is 1. The fourth-order valence-corrected chi connectivity index (χ4v) is 5.42. The largest absolute Gasteiger partial charge is 0.463 e. The van der Waals surface area contributed by atoms with E-state index in [9.17, 15) is 9.18 Å². The molecule has 1 atom stereocenters. The van der Waals surface area contributed by atoms with Crippen molar-refractivity contribution in [2.24, 2.45) is 4.99 Å². The van der Waals surface area contributed by atoms with Crippen LogP contribution < -0.4 is 5.32 Å². The van der Waals surface area contributed by atoms with Gasteiger partial charge in [-0.2, -0.15) is 0 Å². The summed E-state index contributed by atoms with van der Waals surface area (Å²) in [6.07, 6.45) is 1.73. The number of thiazole rings is 1. The summed E-state index contributed by atoms with van der Waals surface area (Å²) < 4.78 is 19.8. The van der Waals surface area contributed by atoms with Crippen molar-refractivity contribution in [3.63, 3.8) is 0 Å². The molecule has 2 aliphatic rings. The lowest BCUT2D eigenvalue weighted by atomic mass is 9.93. The van der Waals surface area contributed by atoms with Gasteiger partial charge in [0.25, 0.3) is 0 Å². The van der Waals surface area contributed by atoms with Gasteiger partial charge in [0.15, 0.2) is 16.0 Å². The van der Waals surface area contributed by atoms with Crippen LogP contribution in [0.4, 0.5) is 4.39 Å². The Balaban J connectivity index is 1.88. The van der Waals surface area contributed by atoms with Gasteiger partial charge in [-0.15, -0.1) is 11.3 Å². The lowest BCUT2D eigenvalue weighted by molar-refractivity contribution is -0.139. The monoisotopic (exact) mass is 551 g/mol. The highest BCUT2D eigenvalue weighted by Gasteiger charge is 2.40. The highest BCUT2D eigenvalue weighted by molar-refractivity contribution is 9.10. The molecular weight excluding hydrogens is 529 g/mol. The third-order valence-corrected chi connectivity index (χ3v) is 7.20. The minimum absolute atomic E-state index is 0.232. The molecule has 1 N–H and O–H groups in total. The van der Waals surface area contributed by atoms with Crippen molar-refractivity contribution >= 4 is 56.4 Å². The van der Waals surface area contributed by atoms with Gasteiger partial charge >= 0.3 is 5.97 Å². The summed E-state index contributed by atoms with van der Waals surface area (Å²) in [5.74, 6) is -0.141. The lowest BCUT2D eigenvalue weighted by Crippen LogP contribution is -2.54. The van der Waals surface area contributed by atoms with Gasteiger partial charge in [-0.3, -0.25) is 4.99 Å². The molecule has 7 nitrogen and oxygen atoms in total. The third-order valence-electron chi connectivity index (χ3n) is 5.34. The van der Waals surface area contributed by atoms with Crippen molar-refractivity contribution in [3.8, 4) is 0 Å². The molecule has 0 spiro atoms. The molecule has 1 saturated heterocycles. The highest BCUT2D eigenvalue weighted by Crippen LogP contribution is 2.40. The molecule has 4 rings (SSSR count). The maximum atomic E-state index is 13.9. The molecular formula is C22H23BrFN5O2S2. The molecule has 2 aliphatic heterocycles. The average Bonchev–Trinajstić information content (AvgIpc) is 3.33. The van der Waals surface area contributed by atoms with Crippen LogP contribution in [-0.4, -0.2) is 64.5 Å². The second-order valence-corrected chi connectivity index (χ2v) is 9.48. The van der Waals surface area contributed by atoms with E-state index in [-0.39, 0.29) is 12.4 Å². The van der Waals surface area contributed by atoms with E-state index in [0.29, 0.717) is 52.7 Å². The summed E-state index contributed by atoms with van der Waals surface area (Å²) in [7, 11) is 0. The zero-order valence-corrected chi connectivity index (χ0v) is 21.4. The molecule has 2 aromatic rings. The number of nitrogens with one attached hydrogen (secondary N) is 1. The smallest absolute Gasteiger partial charge is 0.338 e. The topological polar surface area (TPSA) is 70.1 Å². The predicted molar refractivity (Wildman–Crippen MR) is 134 cm³/mol. The Bertz CT molecular complexity index is 1120. The summed E-state index contributed by atoms with van der Waals surface area (Å²) in [5.41, 5.74) is 1.86. The van der Waals surface area contributed by atoms with Crippen LogP contribution in [0, 0.1) is 5.82 Å². The van der Waals surface area contributed by atoms with Gasteiger partial charge < -0.3 is 19.9 Å². The molecule has 1 aromatic heterocycles. The first-order valence-electron chi connectivity index (χ1n) is 10.6. The summed E-state index contributed by atoms with van der Waals surface area (Å²) in [5, 5.41) is 6.46. The minimum Gasteiger partial charge on any atom is -0.463 e. The van der Waals surface area contributed by atoms with Crippen molar-refractivity contribution < 1.29 is 13.9 Å². The normalized spacial score (nSPS) is 18.1. The molecule has 0 radical (unpaired) electrons. The number of hydrogen-bond acceptors (Lipinski definition) is 7. The molecule has 0 aliphatic carbocycles. The summed E-state index contributed by atoms with van der Waals surface area (Å²) in [4.78, 5) is 26.8. The van der Waals surface area contributed by atoms with E-state index < -0.39 is 12.0 Å². The van der Waals surface area contributed by atoms with Gasteiger partial charge in [-0.1, -0.05) is 22.0 Å². The lowest BCUT2D eigenvalue weighted by Gasteiger charge is -2.43. The van der Waals surface area contributed by atoms with Crippen LogP contribution in [-0.2, 0) is 9.53 Å². The summed E-state index contributed by atoms with van der Waals surface area (Å²) in [6, 6.07) is 3.70. The van der Waals surface area contributed by atoms with Crippen molar-refractivity contribution in [3.05, 3.63) is 61.9 Å². The molecule has 0 unspecified atom stereocenters. The van der Waals surface area contributed by atoms with E-state index in [2.05, 4.69) is 26.2 Å². The SMILES string of the molecule is CCNC(=S)N1CCN2C(c3nccs3)=N[C@@H](c3ccc(F)cc3Br)C(C(=O)OCC)=C2C1. The number of carbonyl (C=O) groups is 1. The van der Waals surface area contributed by atoms with Crippen molar-refractivity contribution in [1.29, 1.82) is 0 Å². The molecule has 174 valence electrons. The predicted octanol–water partition coefficient (Wildman–Crippen LogP) is 3.88. The number of nitrogens with zero attached hydrogens (tertiary/aromatic N) is 4. The number of esters is 1. The average molecular weight is 552 g/mol. The molecule has 33 heavy (non-hydrogen) atoms. The van der Waals surface area contributed by atoms with E-state index in [1.54, 1.807) is 19.2 Å². The number of piperazine rings is 1. The molecule has 1 aromatic carbocycles. The van der Waals surface area contributed by atoms with Gasteiger partial charge in [0, 0.05) is 35.7 Å². The Morgan fingerprint density at radius 3 is 2.88 bits per heavy atom. The number of ether oxygens (including phenoxy) is 1. The first kappa shape index (κ1) is 23.8. The van der Waals surface area contributed by atoms with E-state index in [0.717, 1.165) is 10.7 Å². The third kappa shape index (κ3) is 4.80. The fourth-order valence-electron chi connectivity index (χ4n) is 3.91. The van der Waals surface area contributed by atoms with Crippen LogP contribution in [0.25, 0.3) is 0 Å². The van der Waals surface area contributed by atoms with Gasteiger partial charge in [0.1, 0.15) is 11.9 Å². The zero-order valence-electron chi connectivity index (χ0n) is 18.2. The Morgan fingerprint density at radius 2 is 2.21 bits per heavy atom. The van der Waals surface area contributed by atoms with Gasteiger partial charge in [0.05, 0.1) is 24.4 Å². The molecule has 0 bridgehead atoms. The number of aromatic nitrogens is 1. The second kappa shape index (κ2) is 10.3. The van der Waals surface area contributed by atoms with Crippen LogP contribution in [0.3, 0.4) is 0 Å². The Morgan fingerprint density at radius 1 is 1.39 bits per heavy atom. The van der Waals surface area contributed by atoms with Crippen LogP contribution in [0.1, 0.15) is 30.5 Å². The quantitative estimate of drug-likeness (QED) is 0.446. The number of carbonyl (C=O) groups excluding carboxylic acids is 1. The zero-order chi connectivity index (χ0) is 23.5. The number of halogens is 2. The second-order valence-electron chi connectivity index (χ2n) is 7.35. The molecule has 3 heterocycles. The van der Waals surface area contributed by atoms with Crippen LogP contribution in [0.15, 0.2) is 50.5 Å². The number of fused-ring (bicyclic) bond motifs is 1. The summed E-state index contributed by atoms with van der Waals surface area (Å²) >= 11 is 10.5. The van der Waals surface area contributed by atoms with Crippen LogP contribution >= 0.6 is 39.5 Å². The van der Waals surface area contributed by atoms with Crippen LogP contribution in [0.5, 0.6) is 0 Å². The molecule has 11 heteroatoms. The van der Waals surface area contributed by atoms with E-state index >= 15 is 0 Å². The number of rotatable bonds is 5. The Kier molecular flexibility index (Phi) is 7.40. The number of aliphatic imine (C=N–C) groups is 1. The highest BCUT2D eigenvalue weighted by atomic mass is 79.9. The Labute approximate surface area is 209 Å². The molecule has 0 saturated carbocycles. The molecule has 1 fully saturated rings. The maximum Gasteiger partial charge on any atom is 0.338 e. The number of thiocarbonyl (C=S) groups is 1. The van der Waals surface area contributed by atoms with E-state index in [4.69, 9.17) is 21.9 Å². The number of benzene rings is 1. The van der Waals surface area contributed by atoms with Crippen molar-refractivity contribution in [2.75, 3.05) is 32.8 Å². The van der Waals surface area contributed by atoms with Crippen molar-refractivity contribution in [2.45, 2.75) is 19.9 Å². The van der Waals surface area contributed by atoms with Gasteiger partial charge in [-0.25, -0.2) is 14.2 Å². The maximum absolute atomic E-state index is 13.9. The van der Waals surface area contributed by atoms with Gasteiger partial charge in [-0.05, 0) is 43.8 Å². The van der Waals surface area contributed by atoms with E-state index in [1.807, 2.05) is 22.1 Å². The van der Waals surface area contributed by atoms with Gasteiger partial charge in [0.2, 0.25) is 0 Å². The summed E-state index contributed by atoms with van der Waals surface area (Å²) in [6.45, 7) is 6.36. The fraction of sp³-hybridized carbons (Fsp3) is 0.364.